The molecule has 2 heterocycles. The summed E-state index contributed by atoms with van der Waals surface area (Å²) in [5.41, 5.74) is 2.38. The SMILES string of the molecule is COc1cc2c(cc1OC)C(c1cccs1)N(C(=O)CC1C=CCC1)CC2. The van der Waals surface area contributed by atoms with Crippen LogP contribution in [-0.2, 0) is 11.2 Å². The first-order valence-electron chi connectivity index (χ1n) is 9.45. The Morgan fingerprint density at radius 1 is 1.26 bits per heavy atom. The number of benzene rings is 1. The van der Waals surface area contributed by atoms with Crippen molar-refractivity contribution in [3.8, 4) is 11.5 Å². The van der Waals surface area contributed by atoms with Gasteiger partial charge in [-0.1, -0.05) is 18.2 Å². The summed E-state index contributed by atoms with van der Waals surface area (Å²) in [4.78, 5) is 16.4. The molecule has 4 nitrogen and oxygen atoms in total. The van der Waals surface area contributed by atoms with Crippen molar-refractivity contribution in [2.24, 2.45) is 5.92 Å². The Balaban J connectivity index is 1.71. The molecule has 1 aromatic carbocycles. The van der Waals surface area contributed by atoms with Gasteiger partial charge >= 0.3 is 0 Å². The molecule has 0 spiro atoms. The van der Waals surface area contributed by atoms with Gasteiger partial charge in [0.25, 0.3) is 0 Å². The maximum absolute atomic E-state index is 13.2. The Hall–Kier alpha value is -2.27. The molecule has 0 bridgehead atoms. The van der Waals surface area contributed by atoms with E-state index in [9.17, 15) is 4.79 Å². The molecule has 2 unspecified atom stereocenters. The number of nitrogens with zero attached hydrogens (tertiary/aromatic N) is 1. The van der Waals surface area contributed by atoms with Gasteiger partial charge in [-0.25, -0.2) is 0 Å². The average Bonchev–Trinajstić information content (AvgIpc) is 3.39. The van der Waals surface area contributed by atoms with Crippen molar-refractivity contribution in [1.82, 2.24) is 4.90 Å². The Morgan fingerprint density at radius 3 is 2.74 bits per heavy atom. The van der Waals surface area contributed by atoms with Gasteiger partial charge in [0.2, 0.25) is 5.91 Å². The van der Waals surface area contributed by atoms with E-state index in [2.05, 4.69) is 40.6 Å². The fraction of sp³-hybridized carbons (Fsp3) is 0.409. The third-order valence-corrected chi connectivity index (χ3v) is 6.48. The van der Waals surface area contributed by atoms with Crippen molar-refractivity contribution in [2.45, 2.75) is 31.7 Å². The molecule has 5 heteroatoms. The Bertz CT molecular complexity index is 843. The van der Waals surface area contributed by atoms with Gasteiger partial charge in [-0.2, -0.15) is 0 Å². The van der Waals surface area contributed by atoms with Crippen LogP contribution in [0.15, 0.2) is 41.8 Å². The molecule has 0 fully saturated rings. The minimum Gasteiger partial charge on any atom is -0.493 e. The predicted octanol–water partition coefficient (Wildman–Crippen LogP) is 4.60. The lowest BCUT2D eigenvalue weighted by molar-refractivity contribution is -0.133. The lowest BCUT2D eigenvalue weighted by atomic mass is 9.90. The highest BCUT2D eigenvalue weighted by Gasteiger charge is 2.34. The zero-order chi connectivity index (χ0) is 18.8. The maximum atomic E-state index is 13.2. The van der Waals surface area contributed by atoms with Gasteiger partial charge in [-0.3, -0.25) is 4.79 Å². The van der Waals surface area contributed by atoms with Crippen molar-refractivity contribution in [3.63, 3.8) is 0 Å². The number of rotatable bonds is 5. The summed E-state index contributed by atoms with van der Waals surface area (Å²) in [5.74, 6) is 2.08. The van der Waals surface area contributed by atoms with E-state index < -0.39 is 0 Å². The number of thiophene rings is 1. The topological polar surface area (TPSA) is 38.8 Å². The first-order valence-corrected chi connectivity index (χ1v) is 10.3. The number of carbonyl (C=O) groups excluding carboxylic acids is 1. The number of hydrogen-bond donors (Lipinski definition) is 0. The Kier molecular flexibility index (Phi) is 5.21. The van der Waals surface area contributed by atoms with Crippen molar-refractivity contribution in [2.75, 3.05) is 20.8 Å². The smallest absolute Gasteiger partial charge is 0.223 e. The molecule has 2 aliphatic rings. The summed E-state index contributed by atoms with van der Waals surface area (Å²) in [6.07, 6.45) is 8.00. The van der Waals surface area contributed by atoms with Crippen LogP contribution in [0.25, 0.3) is 0 Å². The van der Waals surface area contributed by atoms with Crippen LogP contribution >= 0.6 is 11.3 Å². The average molecular weight is 384 g/mol. The van der Waals surface area contributed by atoms with Gasteiger partial charge in [-0.15, -0.1) is 11.3 Å². The molecule has 27 heavy (non-hydrogen) atoms. The number of amides is 1. The number of carbonyl (C=O) groups is 1. The van der Waals surface area contributed by atoms with Crippen LogP contribution in [0, 0.1) is 5.92 Å². The number of fused-ring (bicyclic) bond motifs is 1. The van der Waals surface area contributed by atoms with Crippen LogP contribution in [0.5, 0.6) is 11.5 Å². The number of methoxy groups -OCH3 is 2. The fourth-order valence-corrected chi connectivity index (χ4v) is 5.03. The summed E-state index contributed by atoms with van der Waals surface area (Å²) < 4.78 is 11.0. The van der Waals surface area contributed by atoms with Gasteiger partial charge in [0.05, 0.1) is 20.3 Å². The minimum atomic E-state index is -0.0496. The zero-order valence-corrected chi connectivity index (χ0v) is 16.6. The second-order valence-corrected chi connectivity index (χ2v) is 8.11. The molecular formula is C22H25NO3S. The highest BCUT2D eigenvalue weighted by Crippen LogP contribution is 2.42. The largest absolute Gasteiger partial charge is 0.493 e. The van der Waals surface area contributed by atoms with Gasteiger partial charge < -0.3 is 14.4 Å². The van der Waals surface area contributed by atoms with Crippen molar-refractivity contribution in [3.05, 3.63) is 57.8 Å². The third kappa shape index (κ3) is 3.48. The molecule has 4 rings (SSSR count). The number of allylic oxidation sites excluding steroid dienone is 2. The fourth-order valence-electron chi connectivity index (χ4n) is 4.18. The van der Waals surface area contributed by atoms with E-state index in [0.29, 0.717) is 18.1 Å². The minimum absolute atomic E-state index is 0.0496. The highest BCUT2D eigenvalue weighted by molar-refractivity contribution is 7.10. The van der Waals surface area contributed by atoms with E-state index in [-0.39, 0.29) is 11.9 Å². The van der Waals surface area contributed by atoms with E-state index in [1.54, 1.807) is 25.6 Å². The molecule has 1 aromatic heterocycles. The molecule has 1 aliphatic carbocycles. The maximum Gasteiger partial charge on any atom is 0.223 e. The molecule has 142 valence electrons. The molecule has 0 saturated heterocycles. The van der Waals surface area contributed by atoms with E-state index in [1.165, 1.54) is 10.4 Å². The van der Waals surface area contributed by atoms with Gasteiger partial charge in [0.15, 0.2) is 11.5 Å². The summed E-state index contributed by atoms with van der Waals surface area (Å²) in [7, 11) is 3.32. The molecule has 0 N–H and O–H groups in total. The Morgan fingerprint density at radius 2 is 2.07 bits per heavy atom. The van der Waals surface area contributed by atoms with Gasteiger partial charge in [0, 0.05) is 17.8 Å². The van der Waals surface area contributed by atoms with Crippen molar-refractivity contribution < 1.29 is 14.3 Å². The van der Waals surface area contributed by atoms with Crippen LogP contribution in [0.1, 0.15) is 41.3 Å². The molecule has 2 atom stereocenters. The first-order chi connectivity index (χ1) is 13.2. The monoisotopic (exact) mass is 383 g/mol. The van der Waals surface area contributed by atoms with Crippen LogP contribution in [0.4, 0.5) is 0 Å². The normalized spacial score (nSPS) is 21.2. The summed E-state index contributed by atoms with van der Waals surface area (Å²) >= 11 is 1.70. The van der Waals surface area contributed by atoms with E-state index in [1.807, 2.05) is 6.07 Å². The zero-order valence-electron chi connectivity index (χ0n) is 15.8. The highest BCUT2D eigenvalue weighted by atomic mass is 32.1. The molecule has 1 amide bonds. The lowest BCUT2D eigenvalue weighted by Crippen LogP contribution is -2.40. The van der Waals surface area contributed by atoms with Crippen LogP contribution < -0.4 is 9.47 Å². The second-order valence-electron chi connectivity index (χ2n) is 7.13. The summed E-state index contributed by atoms with van der Waals surface area (Å²) in [5, 5.41) is 2.08. The molecule has 1 aliphatic heterocycles. The van der Waals surface area contributed by atoms with E-state index >= 15 is 0 Å². The first kappa shape index (κ1) is 18.1. The van der Waals surface area contributed by atoms with Crippen molar-refractivity contribution in [1.29, 1.82) is 0 Å². The van der Waals surface area contributed by atoms with Gasteiger partial charge in [-0.05, 0) is 59.9 Å². The summed E-state index contributed by atoms with van der Waals surface area (Å²) in [6, 6.07) is 8.24. The molecule has 0 radical (unpaired) electrons. The molecule has 0 saturated carbocycles. The standard InChI is InChI=1S/C22H25NO3S/c1-25-18-13-16-9-10-23(21(24)12-15-6-3-4-7-15)22(20-8-5-11-27-20)17(16)14-19(18)26-2/h3,5-6,8,11,13-15,22H,4,7,9-10,12H2,1-2H3. The van der Waals surface area contributed by atoms with Gasteiger partial charge in [0.1, 0.15) is 0 Å². The molecule has 2 aromatic rings. The van der Waals surface area contributed by atoms with E-state index in [0.717, 1.165) is 37.1 Å². The number of hydrogen-bond acceptors (Lipinski definition) is 4. The quantitative estimate of drug-likeness (QED) is 0.709. The number of ether oxygens (including phenoxy) is 2. The van der Waals surface area contributed by atoms with Crippen molar-refractivity contribution >= 4 is 17.2 Å². The predicted molar refractivity (Wildman–Crippen MR) is 108 cm³/mol. The summed E-state index contributed by atoms with van der Waals surface area (Å²) in [6.45, 7) is 0.736. The third-order valence-electron chi connectivity index (χ3n) is 5.56. The second kappa shape index (κ2) is 7.77. The molecular weight excluding hydrogens is 358 g/mol. The van der Waals surface area contributed by atoms with Crippen LogP contribution in [-0.4, -0.2) is 31.6 Å². The van der Waals surface area contributed by atoms with E-state index in [4.69, 9.17) is 9.47 Å². The van der Waals surface area contributed by atoms with Crippen LogP contribution in [0.2, 0.25) is 0 Å². The lowest BCUT2D eigenvalue weighted by Gasteiger charge is -2.38. The van der Waals surface area contributed by atoms with Crippen LogP contribution in [0.3, 0.4) is 0 Å². The Labute approximate surface area is 164 Å².